The molecular weight excluding hydrogens is 388 g/mol. The summed E-state index contributed by atoms with van der Waals surface area (Å²) in [7, 11) is 1.63. The van der Waals surface area contributed by atoms with Gasteiger partial charge in [0.05, 0.1) is 25.6 Å². The second kappa shape index (κ2) is 7.68. The van der Waals surface area contributed by atoms with Crippen LogP contribution in [0.15, 0.2) is 77.9 Å². The van der Waals surface area contributed by atoms with Gasteiger partial charge in [-0.05, 0) is 54.4 Å². The van der Waals surface area contributed by atoms with Gasteiger partial charge in [0.2, 0.25) is 0 Å². The molecule has 1 atom stereocenters. The van der Waals surface area contributed by atoms with Gasteiger partial charge in [0.1, 0.15) is 17.0 Å². The van der Waals surface area contributed by atoms with Crippen LogP contribution in [0.4, 0.5) is 10.5 Å². The Morgan fingerprint density at radius 1 is 1.24 bits per heavy atom. The molecule has 2 aromatic carbocycles. The maximum atomic E-state index is 13.2. The van der Waals surface area contributed by atoms with Crippen molar-refractivity contribution in [2.45, 2.75) is 18.5 Å². The van der Waals surface area contributed by atoms with Crippen molar-refractivity contribution in [2.75, 3.05) is 12.0 Å². The summed E-state index contributed by atoms with van der Waals surface area (Å²) in [5.41, 5.74) is 1.77. The fourth-order valence-corrected chi connectivity index (χ4v) is 3.95. The van der Waals surface area contributed by atoms with Gasteiger partial charge in [0, 0.05) is 10.6 Å². The molecular formula is C23H21ClN2O3. The molecule has 4 rings (SSSR count). The van der Waals surface area contributed by atoms with Crippen molar-refractivity contribution in [1.29, 1.82) is 0 Å². The molecule has 2 amide bonds. The third-order valence-corrected chi connectivity index (χ3v) is 5.40. The topological polar surface area (TPSA) is 54.7 Å². The first kappa shape index (κ1) is 19.2. The number of furan rings is 1. The lowest BCUT2D eigenvalue weighted by atomic mass is 9.81. The summed E-state index contributed by atoms with van der Waals surface area (Å²) >= 11 is 6.34. The summed E-state index contributed by atoms with van der Waals surface area (Å²) in [6.45, 7) is 4.29. The van der Waals surface area contributed by atoms with Crippen LogP contribution in [0.3, 0.4) is 0 Å². The maximum Gasteiger partial charge on any atom is 0.323 e. The van der Waals surface area contributed by atoms with E-state index in [1.807, 2.05) is 42.5 Å². The van der Waals surface area contributed by atoms with Crippen LogP contribution in [0.1, 0.15) is 23.3 Å². The van der Waals surface area contributed by atoms with Gasteiger partial charge < -0.3 is 14.5 Å². The largest absolute Gasteiger partial charge is 0.497 e. The number of ether oxygens (including phenoxy) is 1. The zero-order valence-electron chi connectivity index (χ0n) is 16.0. The van der Waals surface area contributed by atoms with Crippen molar-refractivity contribution in [3.05, 3.63) is 95.4 Å². The number of fused-ring (bicyclic) bond motifs is 1. The van der Waals surface area contributed by atoms with Crippen molar-refractivity contribution in [3.63, 3.8) is 0 Å². The van der Waals surface area contributed by atoms with E-state index in [9.17, 15) is 4.79 Å². The van der Waals surface area contributed by atoms with E-state index < -0.39 is 5.54 Å². The number of urea groups is 1. The second-order valence-corrected chi connectivity index (χ2v) is 7.34. The lowest BCUT2D eigenvalue weighted by Gasteiger charge is -2.42. The number of benzene rings is 2. The average Bonchev–Trinajstić information content (AvgIpc) is 3.27. The number of nitrogens with one attached hydrogen (secondary N) is 1. The second-order valence-electron chi connectivity index (χ2n) is 6.90. The van der Waals surface area contributed by atoms with Crippen molar-refractivity contribution in [1.82, 2.24) is 5.32 Å². The van der Waals surface area contributed by atoms with E-state index in [0.717, 1.165) is 22.6 Å². The van der Waals surface area contributed by atoms with E-state index in [-0.39, 0.29) is 6.03 Å². The standard InChI is InChI=1S/C23H21ClN2O3/c1-3-12-23(21-5-4-13-29-21)19-14-17(24)8-11-20(19)26(22(27)25-23)15-16-6-9-18(28-2)10-7-16/h3-11,13-14H,1,12,15H2,2H3,(H,25,27). The summed E-state index contributed by atoms with van der Waals surface area (Å²) in [5, 5.41) is 3.74. The Hall–Kier alpha value is -3.18. The molecule has 1 aromatic heterocycles. The SMILES string of the molecule is C=CCC1(c2ccco2)NC(=O)N(Cc2ccc(OC)cc2)c2ccc(Cl)cc21. The van der Waals surface area contributed by atoms with E-state index in [1.54, 1.807) is 36.5 Å². The van der Waals surface area contributed by atoms with E-state index in [1.165, 1.54) is 0 Å². The van der Waals surface area contributed by atoms with Crippen LogP contribution in [-0.4, -0.2) is 13.1 Å². The Balaban J connectivity index is 1.81. The summed E-state index contributed by atoms with van der Waals surface area (Å²) in [4.78, 5) is 14.9. The van der Waals surface area contributed by atoms with Gasteiger partial charge in [-0.3, -0.25) is 4.90 Å². The van der Waals surface area contributed by atoms with E-state index in [2.05, 4.69) is 11.9 Å². The van der Waals surface area contributed by atoms with E-state index in [4.69, 9.17) is 20.8 Å². The lowest BCUT2D eigenvalue weighted by Crippen LogP contribution is -2.56. The average molecular weight is 409 g/mol. The molecule has 1 aliphatic rings. The Morgan fingerprint density at radius 2 is 2.03 bits per heavy atom. The Labute approximate surface area is 174 Å². The molecule has 1 aliphatic heterocycles. The zero-order valence-corrected chi connectivity index (χ0v) is 16.8. The number of anilines is 1. The predicted molar refractivity (Wildman–Crippen MR) is 113 cm³/mol. The highest BCUT2D eigenvalue weighted by atomic mass is 35.5. The smallest absolute Gasteiger partial charge is 0.323 e. The molecule has 0 saturated carbocycles. The molecule has 2 heterocycles. The van der Waals surface area contributed by atoms with Gasteiger partial charge in [0.25, 0.3) is 0 Å². The molecule has 0 radical (unpaired) electrons. The van der Waals surface area contributed by atoms with Gasteiger partial charge in [0.15, 0.2) is 0 Å². The number of carbonyl (C=O) groups is 1. The maximum absolute atomic E-state index is 13.2. The highest BCUT2D eigenvalue weighted by Crippen LogP contribution is 2.44. The van der Waals surface area contributed by atoms with Crippen molar-refractivity contribution < 1.29 is 13.9 Å². The molecule has 0 saturated heterocycles. The molecule has 0 fully saturated rings. The lowest BCUT2D eigenvalue weighted by molar-refractivity contribution is 0.226. The number of rotatable bonds is 6. The van der Waals surface area contributed by atoms with Crippen molar-refractivity contribution in [3.8, 4) is 5.75 Å². The monoisotopic (exact) mass is 408 g/mol. The summed E-state index contributed by atoms with van der Waals surface area (Å²) in [5.74, 6) is 1.41. The normalized spacial score (nSPS) is 18.1. The predicted octanol–water partition coefficient (Wildman–Crippen LogP) is 5.49. The highest BCUT2D eigenvalue weighted by Gasteiger charge is 2.45. The first-order valence-corrected chi connectivity index (χ1v) is 9.63. The molecule has 0 spiro atoms. The number of hydrogen-bond acceptors (Lipinski definition) is 3. The number of halogens is 1. The van der Waals surface area contributed by atoms with Crippen LogP contribution in [0.25, 0.3) is 0 Å². The molecule has 1 N–H and O–H groups in total. The Morgan fingerprint density at radius 3 is 2.69 bits per heavy atom. The number of nitrogens with zero attached hydrogens (tertiary/aromatic N) is 1. The molecule has 5 nitrogen and oxygen atoms in total. The number of hydrogen-bond donors (Lipinski definition) is 1. The molecule has 148 valence electrons. The minimum absolute atomic E-state index is 0.214. The van der Waals surface area contributed by atoms with Crippen LogP contribution in [0.5, 0.6) is 5.75 Å². The van der Waals surface area contributed by atoms with E-state index >= 15 is 0 Å². The minimum atomic E-state index is -0.862. The third kappa shape index (κ3) is 3.38. The van der Waals surface area contributed by atoms with E-state index in [0.29, 0.717) is 23.7 Å². The molecule has 1 unspecified atom stereocenters. The van der Waals surface area contributed by atoms with Gasteiger partial charge in [-0.2, -0.15) is 0 Å². The summed E-state index contributed by atoms with van der Waals surface area (Å²) < 4.78 is 10.9. The molecule has 0 aliphatic carbocycles. The van der Waals surface area contributed by atoms with Crippen LogP contribution in [0, 0.1) is 0 Å². The van der Waals surface area contributed by atoms with Crippen LogP contribution < -0.4 is 15.0 Å². The van der Waals surface area contributed by atoms with Crippen molar-refractivity contribution in [2.24, 2.45) is 0 Å². The number of methoxy groups -OCH3 is 1. The van der Waals surface area contributed by atoms with Gasteiger partial charge in [-0.1, -0.05) is 29.8 Å². The fraction of sp³-hybridized carbons (Fsp3) is 0.174. The van der Waals surface area contributed by atoms with Crippen LogP contribution in [-0.2, 0) is 12.1 Å². The van der Waals surface area contributed by atoms with Crippen molar-refractivity contribution >= 4 is 23.3 Å². The Kier molecular flexibility index (Phi) is 5.07. The third-order valence-electron chi connectivity index (χ3n) is 5.17. The molecule has 3 aromatic rings. The van der Waals surface area contributed by atoms with Crippen LogP contribution in [0.2, 0.25) is 5.02 Å². The first-order chi connectivity index (χ1) is 14.1. The molecule has 6 heteroatoms. The number of amides is 2. The molecule has 0 bridgehead atoms. The van der Waals surface area contributed by atoms with Crippen LogP contribution >= 0.6 is 11.6 Å². The molecule has 29 heavy (non-hydrogen) atoms. The summed E-state index contributed by atoms with van der Waals surface area (Å²) in [6.07, 6.45) is 3.84. The number of carbonyl (C=O) groups excluding carboxylic acids is 1. The Bertz CT molecular complexity index is 1030. The van der Waals surface area contributed by atoms with Gasteiger partial charge in [-0.25, -0.2) is 4.79 Å². The van der Waals surface area contributed by atoms with Gasteiger partial charge in [-0.15, -0.1) is 6.58 Å². The fourth-order valence-electron chi connectivity index (χ4n) is 3.78. The summed E-state index contributed by atoms with van der Waals surface area (Å²) in [6, 6.07) is 16.6. The highest BCUT2D eigenvalue weighted by molar-refractivity contribution is 6.30. The minimum Gasteiger partial charge on any atom is -0.497 e. The first-order valence-electron chi connectivity index (χ1n) is 9.25. The quantitative estimate of drug-likeness (QED) is 0.548. The van der Waals surface area contributed by atoms with Gasteiger partial charge >= 0.3 is 6.03 Å². The zero-order chi connectivity index (χ0) is 20.4.